The molecule has 0 aliphatic heterocycles. The summed E-state index contributed by atoms with van der Waals surface area (Å²) in [6.45, 7) is 1.33. The quantitative estimate of drug-likeness (QED) is 0.840. The monoisotopic (exact) mass is 290 g/mol. The topological polar surface area (TPSA) is 52.6 Å². The SMILES string of the molecule is CN(CC(=O)NCc1ccccc1)C1CCC(CO)CC1. The van der Waals surface area contributed by atoms with Crippen LogP contribution in [0.5, 0.6) is 0 Å². The normalized spacial score (nSPS) is 22.2. The molecular formula is C17H26N2O2. The first-order valence-corrected chi connectivity index (χ1v) is 7.80. The summed E-state index contributed by atoms with van der Waals surface area (Å²) in [5, 5.41) is 12.1. The third-order valence-corrected chi connectivity index (χ3v) is 4.42. The van der Waals surface area contributed by atoms with Gasteiger partial charge in [0, 0.05) is 19.2 Å². The fourth-order valence-corrected chi connectivity index (χ4v) is 2.98. The lowest BCUT2D eigenvalue weighted by atomic mass is 9.86. The molecule has 2 rings (SSSR count). The molecule has 1 aliphatic rings. The molecule has 1 fully saturated rings. The lowest BCUT2D eigenvalue weighted by molar-refractivity contribution is -0.122. The number of carbonyl (C=O) groups is 1. The second-order valence-corrected chi connectivity index (χ2v) is 6.03. The van der Waals surface area contributed by atoms with Crippen LogP contribution in [0, 0.1) is 5.92 Å². The highest BCUT2D eigenvalue weighted by Crippen LogP contribution is 2.26. The number of hydrogen-bond donors (Lipinski definition) is 2. The van der Waals surface area contributed by atoms with Crippen LogP contribution in [0.3, 0.4) is 0 Å². The zero-order valence-electron chi connectivity index (χ0n) is 12.8. The Bertz CT molecular complexity index is 428. The van der Waals surface area contributed by atoms with Gasteiger partial charge in [0.1, 0.15) is 0 Å². The second-order valence-electron chi connectivity index (χ2n) is 6.03. The van der Waals surface area contributed by atoms with Crippen molar-refractivity contribution in [1.82, 2.24) is 10.2 Å². The van der Waals surface area contributed by atoms with E-state index in [0.717, 1.165) is 31.2 Å². The molecular weight excluding hydrogens is 264 g/mol. The van der Waals surface area contributed by atoms with Gasteiger partial charge in [-0.3, -0.25) is 9.69 Å². The molecule has 0 unspecified atom stereocenters. The van der Waals surface area contributed by atoms with Crippen molar-refractivity contribution in [3.63, 3.8) is 0 Å². The van der Waals surface area contributed by atoms with Gasteiger partial charge in [0.2, 0.25) is 5.91 Å². The average Bonchev–Trinajstić information content (AvgIpc) is 2.54. The third-order valence-electron chi connectivity index (χ3n) is 4.42. The first-order chi connectivity index (χ1) is 10.2. The van der Waals surface area contributed by atoms with E-state index in [1.54, 1.807) is 0 Å². The Kier molecular flexibility index (Phi) is 6.21. The molecule has 1 aliphatic carbocycles. The Hall–Kier alpha value is -1.39. The van der Waals surface area contributed by atoms with E-state index in [1.165, 1.54) is 0 Å². The van der Waals surface area contributed by atoms with Crippen LogP contribution in [0.2, 0.25) is 0 Å². The van der Waals surface area contributed by atoms with Crippen LogP contribution in [-0.4, -0.2) is 42.2 Å². The number of benzene rings is 1. The van der Waals surface area contributed by atoms with E-state index in [2.05, 4.69) is 10.2 Å². The summed E-state index contributed by atoms with van der Waals surface area (Å²) in [4.78, 5) is 14.1. The molecule has 1 aromatic rings. The van der Waals surface area contributed by atoms with Gasteiger partial charge in [0.25, 0.3) is 0 Å². The van der Waals surface area contributed by atoms with Crippen molar-refractivity contribution in [3.8, 4) is 0 Å². The maximum Gasteiger partial charge on any atom is 0.234 e. The van der Waals surface area contributed by atoms with Gasteiger partial charge in [-0.05, 0) is 44.2 Å². The maximum atomic E-state index is 12.0. The first-order valence-electron chi connectivity index (χ1n) is 7.80. The Labute approximate surface area is 127 Å². The molecule has 21 heavy (non-hydrogen) atoms. The second kappa shape index (κ2) is 8.15. The largest absolute Gasteiger partial charge is 0.396 e. The molecule has 0 radical (unpaired) electrons. The molecule has 1 amide bonds. The van der Waals surface area contributed by atoms with Crippen molar-refractivity contribution in [2.45, 2.75) is 38.3 Å². The minimum Gasteiger partial charge on any atom is -0.396 e. The van der Waals surface area contributed by atoms with Crippen molar-refractivity contribution < 1.29 is 9.90 Å². The molecule has 4 heteroatoms. The average molecular weight is 290 g/mol. The molecule has 1 saturated carbocycles. The zero-order valence-corrected chi connectivity index (χ0v) is 12.8. The molecule has 4 nitrogen and oxygen atoms in total. The van der Waals surface area contributed by atoms with Gasteiger partial charge >= 0.3 is 0 Å². The van der Waals surface area contributed by atoms with Gasteiger partial charge in [-0.2, -0.15) is 0 Å². The number of hydrogen-bond acceptors (Lipinski definition) is 3. The first kappa shape index (κ1) is 16.0. The van der Waals surface area contributed by atoms with Crippen LogP contribution < -0.4 is 5.32 Å². The number of likely N-dealkylation sites (N-methyl/N-ethyl adjacent to an activating group) is 1. The summed E-state index contributed by atoms with van der Waals surface area (Å²) < 4.78 is 0. The van der Waals surface area contributed by atoms with E-state index in [-0.39, 0.29) is 5.91 Å². The van der Waals surface area contributed by atoms with Gasteiger partial charge in [0.05, 0.1) is 6.54 Å². The van der Waals surface area contributed by atoms with Crippen LogP contribution in [0.4, 0.5) is 0 Å². The summed E-state index contributed by atoms with van der Waals surface area (Å²) >= 11 is 0. The smallest absolute Gasteiger partial charge is 0.234 e. The van der Waals surface area contributed by atoms with Crippen LogP contribution in [0.15, 0.2) is 30.3 Å². The van der Waals surface area contributed by atoms with E-state index < -0.39 is 0 Å². The zero-order chi connectivity index (χ0) is 15.1. The predicted molar refractivity (Wildman–Crippen MR) is 83.8 cm³/mol. The highest BCUT2D eigenvalue weighted by Gasteiger charge is 2.24. The number of amides is 1. The Morgan fingerprint density at radius 2 is 1.90 bits per heavy atom. The lowest BCUT2D eigenvalue weighted by Crippen LogP contribution is -2.42. The van der Waals surface area contributed by atoms with E-state index in [4.69, 9.17) is 5.11 Å². The van der Waals surface area contributed by atoms with E-state index in [1.807, 2.05) is 37.4 Å². The number of rotatable bonds is 6. The fraction of sp³-hybridized carbons (Fsp3) is 0.588. The van der Waals surface area contributed by atoms with Crippen molar-refractivity contribution in [2.24, 2.45) is 5.92 Å². The molecule has 0 saturated heterocycles. The minimum absolute atomic E-state index is 0.0747. The summed E-state index contributed by atoms with van der Waals surface area (Å²) in [5.41, 5.74) is 1.12. The predicted octanol–water partition coefficient (Wildman–Crippen LogP) is 1.79. The van der Waals surface area contributed by atoms with E-state index in [0.29, 0.717) is 31.7 Å². The Balaban J connectivity index is 1.70. The standard InChI is InChI=1S/C17H26N2O2/c1-19(16-9-7-15(13-20)8-10-16)12-17(21)18-11-14-5-3-2-4-6-14/h2-6,15-16,20H,7-13H2,1H3,(H,18,21). The minimum atomic E-state index is 0.0747. The van der Waals surface area contributed by atoms with Crippen molar-refractivity contribution in [1.29, 1.82) is 0 Å². The van der Waals surface area contributed by atoms with E-state index >= 15 is 0 Å². The number of nitrogens with zero attached hydrogens (tertiary/aromatic N) is 1. The molecule has 2 N–H and O–H groups in total. The Morgan fingerprint density at radius 1 is 1.24 bits per heavy atom. The molecule has 1 aromatic carbocycles. The van der Waals surface area contributed by atoms with E-state index in [9.17, 15) is 4.79 Å². The molecule has 0 aromatic heterocycles. The molecule has 116 valence electrons. The van der Waals surface area contributed by atoms with Crippen LogP contribution in [-0.2, 0) is 11.3 Å². The summed E-state index contributed by atoms with van der Waals surface area (Å²) in [6, 6.07) is 10.4. The summed E-state index contributed by atoms with van der Waals surface area (Å²) in [7, 11) is 2.02. The maximum absolute atomic E-state index is 12.0. The lowest BCUT2D eigenvalue weighted by Gasteiger charge is -2.33. The fourth-order valence-electron chi connectivity index (χ4n) is 2.98. The molecule has 0 heterocycles. The number of carbonyl (C=O) groups excluding carboxylic acids is 1. The highest BCUT2D eigenvalue weighted by molar-refractivity contribution is 5.78. The highest BCUT2D eigenvalue weighted by atomic mass is 16.3. The number of nitrogens with one attached hydrogen (secondary N) is 1. The Morgan fingerprint density at radius 3 is 2.52 bits per heavy atom. The van der Waals surface area contributed by atoms with Crippen LogP contribution in [0.25, 0.3) is 0 Å². The summed E-state index contributed by atoms with van der Waals surface area (Å²) in [5.74, 6) is 0.534. The van der Waals surface area contributed by atoms with Gasteiger partial charge in [-0.1, -0.05) is 30.3 Å². The van der Waals surface area contributed by atoms with Gasteiger partial charge in [-0.15, -0.1) is 0 Å². The van der Waals surface area contributed by atoms with Gasteiger partial charge < -0.3 is 10.4 Å². The molecule has 0 spiro atoms. The van der Waals surface area contributed by atoms with Crippen LogP contribution in [0.1, 0.15) is 31.2 Å². The van der Waals surface area contributed by atoms with Crippen molar-refractivity contribution in [3.05, 3.63) is 35.9 Å². The third kappa shape index (κ3) is 5.14. The van der Waals surface area contributed by atoms with Crippen LogP contribution >= 0.6 is 0 Å². The van der Waals surface area contributed by atoms with Gasteiger partial charge in [0.15, 0.2) is 0 Å². The molecule has 0 bridgehead atoms. The van der Waals surface area contributed by atoms with Crippen molar-refractivity contribution in [2.75, 3.05) is 20.2 Å². The van der Waals surface area contributed by atoms with Gasteiger partial charge in [-0.25, -0.2) is 0 Å². The summed E-state index contributed by atoms with van der Waals surface area (Å²) in [6.07, 6.45) is 4.29. The number of aliphatic hydroxyl groups excluding tert-OH is 1. The number of aliphatic hydroxyl groups is 1. The molecule has 0 atom stereocenters. The van der Waals surface area contributed by atoms with Crippen molar-refractivity contribution >= 4 is 5.91 Å².